The van der Waals surface area contributed by atoms with Gasteiger partial charge in [0.05, 0.1) is 25.2 Å². The number of aromatic carboxylic acids is 1. The molecule has 0 atom stereocenters. The minimum Gasteiger partial charge on any atom is -0.494 e. The Labute approximate surface area is 247 Å². The summed E-state index contributed by atoms with van der Waals surface area (Å²) in [5, 5.41) is 18.3. The summed E-state index contributed by atoms with van der Waals surface area (Å²) in [4.78, 5) is 37.0. The van der Waals surface area contributed by atoms with Crippen LogP contribution in [0.2, 0.25) is 0 Å². The molecule has 0 radical (unpaired) electrons. The van der Waals surface area contributed by atoms with Gasteiger partial charge in [-0.1, -0.05) is 44.2 Å². The number of carbonyl (C=O) groups excluding carboxylic acids is 1. The van der Waals surface area contributed by atoms with Crippen molar-refractivity contribution in [3.8, 4) is 11.5 Å². The molecule has 0 unspecified atom stereocenters. The van der Waals surface area contributed by atoms with E-state index in [4.69, 9.17) is 19.3 Å². The van der Waals surface area contributed by atoms with Crippen LogP contribution in [0.25, 0.3) is 0 Å². The van der Waals surface area contributed by atoms with Gasteiger partial charge in [-0.3, -0.25) is 4.79 Å². The highest BCUT2D eigenvalue weighted by molar-refractivity contribution is 5.89. The minimum atomic E-state index is -1.31. The summed E-state index contributed by atoms with van der Waals surface area (Å²) < 4.78 is 16.8. The average Bonchev–Trinajstić information content (AvgIpc) is 2.99. The summed E-state index contributed by atoms with van der Waals surface area (Å²) in [5.74, 6) is 1.04. The van der Waals surface area contributed by atoms with E-state index in [-0.39, 0.29) is 17.9 Å². The Morgan fingerprint density at radius 3 is 2.24 bits per heavy atom. The van der Waals surface area contributed by atoms with E-state index in [1.807, 2.05) is 12.1 Å². The molecule has 9 heteroatoms. The molecule has 4 rings (SSSR count). The predicted octanol–water partition coefficient (Wildman–Crippen LogP) is 6.36. The van der Waals surface area contributed by atoms with E-state index in [2.05, 4.69) is 12.1 Å². The number of carboxylic acids is 1. The molecular weight excluding hydrogens is 538 g/mol. The molecule has 228 valence electrons. The number of ether oxygens (including phenoxy) is 3. The Hall–Kier alpha value is -3.75. The van der Waals surface area contributed by atoms with E-state index in [0.29, 0.717) is 43.9 Å². The molecule has 2 N–H and O–H groups in total. The van der Waals surface area contributed by atoms with Gasteiger partial charge in [0.2, 0.25) is 5.91 Å². The first-order valence-corrected chi connectivity index (χ1v) is 15.3. The van der Waals surface area contributed by atoms with E-state index in [9.17, 15) is 19.5 Å². The molecule has 1 saturated carbocycles. The lowest BCUT2D eigenvalue weighted by atomic mass is 9.86. The van der Waals surface area contributed by atoms with Gasteiger partial charge in [-0.05, 0) is 67.5 Å². The molecule has 2 fully saturated rings. The monoisotopic (exact) mass is 581 g/mol. The van der Waals surface area contributed by atoms with Crippen LogP contribution >= 0.6 is 0 Å². The summed E-state index contributed by atoms with van der Waals surface area (Å²) >= 11 is 0. The van der Waals surface area contributed by atoms with Crippen molar-refractivity contribution < 1.29 is 38.8 Å². The smallest absolute Gasteiger partial charge is 0.494 e. The van der Waals surface area contributed by atoms with Crippen molar-refractivity contribution in [2.75, 3.05) is 26.3 Å². The van der Waals surface area contributed by atoms with Crippen LogP contribution in [0.1, 0.15) is 85.7 Å². The molecule has 0 spiro atoms. The van der Waals surface area contributed by atoms with E-state index in [0.717, 1.165) is 37.5 Å². The Bertz CT molecular complexity index is 1170. The van der Waals surface area contributed by atoms with Crippen LogP contribution in [-0.2, 0) is 22.4 Å². The van der Waals surface area contributed by atoms with Gasteiger partial charge in [0.25, 0.3) is 0 Å². The fraction of sp³-hybridized carbons (Fsp3) is 0.545. The van der Waals surface area contributed by atoms with E-state index < -0.39 is 18.2 Å². The summed E-state index contributed by atoms with van der Waals surface area (Å²) in [7, 11) is 0. The quantitative estimate of drug-likeness (QED) is 0.195. The Morgan fingerprint density at radius 2 is 1.55 bits per heavy atom. The number of likely N-dealkylation sites (tertiary alicyclic amines) is 1. The van der Waals surface area contributed by atoms with Gasteiger partial charge in [-0.15, -0.1) is 0 Å². The van der Waals surface area contributed by atoms with Gasteiger partial charge < -0.3 is 29.3 Å². The summed E-state index contributed by atoms with van der Waals surface area (Å²) in [6.45, 7) is 1.95. The third-order valence-corrected chi connectivity index (χ3v) is 8.25. The number of hydrogen-bond donors (Lipinski definition) is 2. The predicted molar refractivity (Wildman–Crippen MR) is 157 cm³/mol. The second-order valence-corrected chi connectivity index (χ2v) is 11.4. The van der Waals surface area contributed by atoms with Gasteiger partial charge in [0, 0.05) is 31.5 Å². The third kappa shape index (κ3) is 9.96. The first-order valence-electron chi connectivity index (χ1n) is 15.3. The zero-order chi connectivity index (χ0) is 29.7. The lowest BCUT2D eigenvalue weighted by Crippen LogP contribution is -2.42. The van der Waals surface area contributed by atoms with E-state index in [1.165, 1.54) is 56.2 Å². The number of hydrogen-bond acceptors (Lipinski definition) is 6. The minimum absolute atomic E-state index is 0.00300. The Kier molecular flexibility index (Phi) is 11.9. The fourth-order valence-corrected chi connectivity index (χ4v) is 5.88. The summed E-state index contributed by atoms with van der Waals surface area (Å²) in [6, 6.07) is 12.8. The number of amides is 1. The number of carbonyl (C=O) groups is 3. The maximum absolute atomic E-state index is 13.0. The van der Waals surface area contributed by atoms with Gasteiger partial charge in [-0.25, -0.2) is 9.59 Å². The Morgan fingerprint density at radius 1 is 0.833 bits per heavy atom. The van der Waals surface area contributed by atoms with Crippen molar-refractivity contribution >= 4 is 18.0 Å². The average molecular weight is 582 g/mol. The molecular formula is C33H43NO8. The topological polar surface area (TPSA) is 123 Å². The molecule has 0 bridgehead atoms. The molecule has 9 nitrogen and oxygen atoms in total. The number of aryl methyl sites for hydroxylation is 1. The van der Waals surface area contributed by atoms with Crippen LogP contribution in [-0.4, -0.2) is 65.6 Å². The van der Waals surface area contributed by atoms with Gasteiger partial charge in [-0.2, -0.15) is 0 Å². The van der Waals surface area contributed by atoms with Crippen molar-refractivity contribution in [3.63, 3.8) is 0 Å². The molecule has 1 amide bonds. The molecule has 1 aliphatic carbocycles. The van der Waals surface area contributed by atoms with Crippen molar-refractivity contribution in [2.24, 2.45) is 5.92 Å². The van der Waals surface area contributed by atoms with Crippen LogP contribution in [0.3, 0.4) is 0 Å². The fourth-order valence-electron chi connectivity index (χ4n) is 5.88. The van der Waals surface area contributed by atoms with Crippen LogP contribution in [0, 0.1) is 5.92 Å². The molecule has 2 aromatic rings. The second-order valence-electron chi connectivity index (χ2n) is 11.4. The lowest BCUT2D eigenvalue weighted by molar-refractivity contribution is -0.132. The van der Waals surface area contributed by atoms with Crippen LogP contribution in [0.15, 0.2) is 42.5 Å². The van der Waals surface area contributed by atoms with Gasteiger partial charge in [0.1, 0.15) is 17.6 Å². The molecule has 42 heavy (non-hydrogen) atoms. The van der Waals surface area contributed by atoms with E-state index >= 15 is 0 Å². The summed E-state index contributed by atoms with van der Waals surface area (Å²) in [6.07, 6.45) is 9.98. The molecule has 1 aliphatic heterocycles. The lowest BCUT2D eigenvalue weighted by Gasteiger charge is -2.31. The van der Waals surface area contributed by atoms with Crippen molar-refractivity contribution in [1.82, 2.24) is 4.90 Å². The number of carboxylic acid groups (broad SMARTS) is 2. The Balaban J connectivity index is 1.21. The van der Waals surface area contributed by atoms with Gasteiger partial charge in [0.15, 0.2) is 0 Å². The maximum Gasteiger partial charge on any atom is 0.506 e. The largest absolute Gasteiger partial charge is 0.506 e. The van der Waals surface area contributed by atoms with Crippen LogP contribution in [0.4, 0.5) is 4.79 Å². The first-order chi connectivity index (χ1) is 20.4. The first kappa shape index (κ1) is 31.2. The van der Waals surface area contributed by atoms with Crippen LogP contribution in [0.5, 0.6) is 11.5 Å². The van der Waals surface area contributed by atoms with Crippen LogP contribution < -0.4 is 9.47 Å². The standard InChI is InChI=1S/C33H43NO8/c35-31(34-18-16-29(17-19-34)42-33(38)39)23-27-22-26(32(36)37)12-15-30(27)41-21-5-9-25-10-13-28(14-11-25)40-20-4-8-24-6-2-1-3-7-24/h10-15,22,24,29H,1-9,16-21,23H2,(H,36,37)(H,38,39). The zero-order valence-corrected chi connectivity index (χ0v) is 24.3. The third-order valence-electron chi connectivity index (χ3n) is 8.25. The molecule has 1 heterocycles. The highest BCUT2D eigenvalue weighted by Crippen LogP contribution is 2.27. The highest BCUT2D eigenvalue weighted by Gasteiger charge is 2.26. The maximum atomic E-state index is 13.0. The molecule has 0 aromatic heterocycles. The summed E-state index contributed by atoms with van der Waals surface area (Å²) in [5.41, 5.74) is 1.80. The van der Waals surface area contributed by atoms with E-state index in [1.54, 1.807) is 11.0 Å². The normalized spacial score (nSPS) is 16.1. The molecule has 1 saturated heterocycles. The van der Waals surface area contributed by atoms with Gasteiger partial charge >= 0.3 is 12.1 Å². The number of rotatable bonds is 14. The van der Waals surface area contributed by atoms with Crippen molar-refractivity contribution in [2.45, 2.75) is 83.2 Å². The molecule has 2 aromatic carbocycles. The highest BCUT2D eigenvalue weighted by atomic mass is 16.7. The second kappa shape index (κ2) is 16.0. The SMILES string of the molecule is O=C(O)OC1CCN(C(=O)Cc2cc(C(=O)O)ccc2OCCCc2ccc(OCCCC3CCCCC3)cc2)CC1. The van der Waals surface area contributed by atoms with Crippen molar-refractivity contribution in [3.05, 3.63) is 59.2 Å². The number of piperidine rings is 1. The molecule has 2 aliphatic rings. The number of nitrogens with zero attached hydrogens (tertiary/aromatic N) is 1. The number of benzene rings is 2. The zero-order valence-electron chi connectivity index (χ0n) is 24.3. The van der Waals surface area contributed by atoms with Crippen molar-refractivity contribution in [1.29, 1.82) is 0 Å².